The average Bonchev–Trinajstić information content (AvgIpc) is 2.76. The summed E-state index contributed by atoms with van der Waals surface area (Å²) in [5.74, 6) is 3.09. The summed E-state index contributed by atoms with van der Waals surface area (Å²) < 4.78 is 2.03. The molecule has 0 aliphatic carbocycles. The Labute approximate surface area is 118 Å². The van der Waals surface area contributed by atoms with Gasteiger partial charge in [0, 0.05) is 12.5 Å². The van der Waals surface area contributed by atoms with Gasteiger partial charge in [0.1, 0.15) is 12.2 Å². The summed E-state index contributed by atoms with van der Waals surface area (Å²) in [6.45, 7) is 15.6. The second-order valence-corrected chi connectivity index (χ2v) is 6.43. The van der Waals surface area contributed by atoms with Crippen LogP contribution >= 0.6 is 0 Å². The van der Waals surface area contributed by atoms with Crippen LogP contribution in [0.5, 0.6) is 0 Å². The van der Waals surface area contributed by atoms with Crippen LogP contribution in [-0.4, -0.2) is 27.9 Å². The van der Waals surface area contributed by atoms with E-state index in [0.717, 1.165) is 25.3 Å². The third-order valence-corrected chi connectivity index (χ3v) is 3.63. The van der Waals surface area contributed by atoms with Gasteiger partial charge >= 0.3 is 0 Å². The smallest absolute Gasteiger partial charge is 0.138 e. The monoisotopic (exact) mass is 266 g/mol. The first kappa shape index (κ1) is 16.2. The van der Waals surface area contributed by atoms with Crippen LogP contribution in [0.2, 0.25) is 0 Å². The average molecular weight is 266 g/mol. The molecule has 19 heavy (non-hydrogen) atoms. The second kappa shape index (κ2) is 7.63. The number of hydrogen-bond donors (Lipinski definition) is 1. The van der Waals surface area contributed by atoms with E-state index in [-0.39, 0.29) is 0 Å². The van der Waals surface area contributed by atoms with Crippen molar-refractivity contribution in [3.05, 3.63) is 12.2 Å². The summed E-state index contributed by atoms with van der Waals surface area (Å²) in [7, 11) is 0. The van der Waals surface area contributed by atoms with Gasteiger partial charge in [0.2, 0.25) is 0 Å². The molecule has 1 rings (SSSR count). The Kier molecular flexibility index (Phi) is 6.49. The van der Waals surface area contributed by atoms with Crippen molar-refractivity contribution < 1.29 is 0 Å². The van der Waals surface area contributed by atoms with Crippen LogP contribution < -0.4 is 5.32 Å². The van der Waals surface area contributed by atoms with Crippen molar-refractivity contribution in [3.63, 3.8) is 0 Å². The second-order valence-electron chi connectivity index (χ2n) is 6.43. The van der Waals surface area contributed by atoms with Crippen LogP contribution in [0.25, 0.3) is 0 Å². The predicted molar refractivity (Wildman–Crippen MR) is 80.1 cm³/mol. The molecule has 0 saturated heterocycles. The molecule has 0 bridgehead atoms. The van der Waals surface area contributed by atoms with E-state index >= 15 is 0 Å². The normalized spacial score (nSPS) is 15.2. The van der Waals surface area contributed by atoms with Crippen LogP contribution in [-0.2, 0) is 6.42 Å². The zero-order valence-corrected chi connectivity index (χ0v) is 13.3. The molecule has 4 nitrogen and oxygen atoms in total. The maximum Gasteiger partial charge on any atom is 0.138 e. The SMILES string of the molecule is CC(C)CNCC(C)C(C)Cc1ncnn1C(C)C. The number of nitrogens with one attached hydrogen (secondary N) is 1. The highest BCUT2D eigenvalue weighted by Gasteiger charge is 2.16. The molecule has 1 N–H and O–H groups in total. The van der Waals surface area contributed by atoms with Crippen molar-refractivity contribution in [2.24, 2.45) is 17.8 Å². The van der Waals surface area contributed by atoms with E-state index in [0.29, 0.717) is 23.8 Å². The fourth-order valence-corrected chi connectivity index (χ4v) is 2.14. The molecule has 2 unspecified atom stereocenters. The molecule has 0 aromatic carbocycles. The molecule has 1 aromatic heterocycles. The van der Waals surface area contributed by atoms with E-state index in [4.69, 9.17) is 0 Å². The quantitative estimate of drug-likeness (QED) is 0.786. The maximum atomic E-state index is 4.40. The summed E-state index contributed by atoms with van der Waals surface area (Å²) in [5.41, 5.74) is 0. The number of nitrogens with zero attached hydrogens (tertiary/aromatic N) is 3. The highest BCUT2D eigenvalue weighted by molar-refractivity contribution is 4.89. The van der Waals surface area contributed by atoms with Crippen LogP contribution in [0.15, 0.2) is 6.33 Å². The van der Waals surface area contributed by atoms with Crippen molar-refractivity contribution in [3.8, 4) is 0 Å². The summed E-state index contributed by atoms with van der Waals surface area (Å²) in [6, 6.07) is 0.388. The van der Waals surface area contributed by atoms with Gasteiger partial charge < -0.3 is 5.32 Å². The lowest BCUT2D eigenvalue weighted by atomic mass is 9.92. The molecular weight excluding hydrogens is 236 g/mol. The van der Waals surface area contributed by atoms with Crippen molar-refractivity contribution in [2.45, 2.75) is 54.0 Å². The Morgan fingerprint density at radius 2 is 1.74 bits per heavy atom. The number of rotatable bonds is 8. The Bertz CT molecular complexity index is 357. The number of aromatic nitrogens is 3. The van der Waals surface area contributed by atoms with E-state index in [1.807, 2.05) is 4.68 Å². The standard InChI is InChI=1S/C15H30N4/c1-11(2)8-16-9-14(6)13(5)7-15-17-10-18-19(15)12(3)4/h10-14,16H,7-9H2,1-6H3. The minimum atomic E-state index is 0.388. The summed E-state index contributed by atoms with van der Waals surface area (Å²) in [4.78, 5) is 4.40. The van der Waals surface area contributed by atoms with Crippen LogP contribution in [0.3, 0.4) is 0 Å². The molecule has 110 valence electrons. The molecule has 2 atom stereocenters. The minimum absolute atomic E-state index is 0.388. The summed E-state index contributed by atoms with van der Waals surface area (Å²) in [5, 5.41) is 7.84. The fourth-order valence-electron chi connectivity index (χ4n) is 2.14. The molecule has 0 spiro atoms. The largest absolute Gasteiger partial charge is 0.316 e. The van der Waals surface area contributed by atoms with Gasteiger partial charge in [-0.15, -0.1) is 0 Å². The summed E-state index contributed by atoms with van der Waals surface area (Å²) >= 11 is 0. The Hall–Kier alpha value is -0.900. The van der Waals surface area contributed by atoms with Gasteiger partial charge in [0.05, 0.1) is 0 Å². The first-order valence-electron chi connectivity index (χ1n) is 7.50. The van der Waals surface area contributed by atoms with E-state index in [9.17, 15) is 0 Å². The van der Waals surface area contributed by atoms with Crippen molar-refractivity contribution in [1.29, 1.82) is 0 Å². The lowest BCUT2D eigenvalue weighted by molar-refractivity contribution is 0.344. The first-order chi connectivity index (χ1) is 8.91. The van der Waals surface area contributed by atoms with Crippen LogP contribution in [0, 0.1) is 17.8 Å². The molecule has 0 aliphatic heterocycles. The Morgan fingerprint density at radius 1 is 1.05 bits per heavy atom. The van der Waals surface area contributed by atoms with Gasteiger partial charge in [-0.2, -0.15) is 5.10 Å². The Balaban J connectivity index is 2.45. The van der Waals surface area contributed by atoms with Gasteiger partial charge in [-0.1, -0.05) is 27.7 Å². The van der Waals surface area contributed by atoms with Gasteiger partial charge in [-0.25, -0.2) is 9.67 Å². The van der Waals surface area contributed by atoms with Crippen molar-refractivity contribution in [1.82, 2.24) is 20.1 Å². The van der Waals surface area contributed by atoms with Gasteiger partial charge in [-0.05, 0) is 44.7 Å². The van der Waals surface area contributed by atoms with Gasteiger partial charge in [0.25, 0.3) is 0 Å². The predicted octanol–water partition coefficient (Wildman–Crippen LogP) is 2.92. The topological polar surface area (TPSA) is 42.7 Å². The molecule has 0 radical (unpaired) electrons. The molecule has 0 aliphatic rings. The molecule has 0 saturated carbocycles. The molecule has 1 heterocycles. The third kappa shape index (κ3) is 5.31. The zero-order valence-electron chi connectivity index (χ0n) is 13.3. The first-order valence-corrected chi connectivity index (χ1v) is 7.50. The van der Waals surface area contributed by atoms with Crippen LogP contribution in [0.4, 0.5) is 0 Å². The van der Waals surface area contributed by atoms with Gasteiger partial charge in [-0.3, -0.25) is 0 Å². The van der Waals surface area contributed by atoms with E-state index in [2.05, 4.69) is 56.9 Å². The third-order valence-electron chi connectivity index (χ3n) is 3.63. The van der Waals surface area contributed by atoms with Crippen LogP contribution in [0.1, 0.15) is 53.4 Å². The molecule has 0 fully saturated rings. The maximum absolute atomic E-state index is 4.40. The number of hydrogen-bond acceptors (Lipinski definition) is 3. The molecule has 1 aromatic rings. The minimum Gasteiger partial charge on any atom is -0.316 e. The molecule has 0 amide bonds. The highest BCUT2D eigenvalue weighted by Crippen LogP contribution is 2.17. The van der Waals surface area contributed by atoms with Crippen molar-refractivity contribution in [2.75, 3.05) is 13.1 Å². The van der Waals surface area contributed by atoms with E-state index in [1.165, 1.54) is 0 Å². The van der Waals surface area contributed by atoms with E-state index < -0.39 is 0 Å². The summed E-state index contributed by atoms with van der Waals surface area (Å²) in [6.07, 6.45) is 2.67. The highest BCUT2D eigenvalue weighted by atomic mass is 15.3. The Morgan fingerprint density at radius 3 is 2.32 bits per heavy atom. The molecule has 4 heteroatoms. The lowest BCUT2D eigenvalue weighted by Crippen LogP contribution is -2.29. The zero-order chi connectivity index (χ0) is 14.4. The molecular formula is C15H30N4. The fraction of sp³-hybridized carbons (Fsp3) is 0.867. The van der Waals surface area contributed by atoms with Crippen molar-refractivity contribution >= 4 is 0 Å². The van der Waals surface area contributed by atoms with Gasteiger partial charge in [0.15, 0.2) is 0 Å². The lowest BCUT2D eigenvalue weighted by Gasteiger charge is -2.21. The van der Waals surface area contributed by atoms with E-state index in [1.54, 1.807) is 6.33 Å².